The van der Waals surface area contributed by atoms with Crippen molar-refractivity contribution in [1.29, 1.82) is 0 Å². The minimum absolute atomic E-state index is 0.110. The predicted molar refractivity (Wildman–Crippen MR) is 86.1 cm³/mol. The highest BCUT2D eigenvalue weighted by molar-refractivity contribution is 7.87. The van der Waals surface area contributed by atoms with Gasteiger partial charge in [0.15, 0.2) is 0 Å². The van der Waals surface area contributed by atoms with Gasteiger partial charge in [0.2, 0.25) is 0 Å². The highest BCUT2D eigenvalue weighted by Crippen LogP contribution is 2.27. The highest BCUT2D eigenvalue weighted by atomic mass is 32.2. The van der Waals surface area contributed by atoms with Crippen molar-refractivity contribution in [2.45, 2.75) is 76.3 Å². The quantitative estimate of drug-likeness (QED) is 0.786. The third kappa shape index (κ3) is 4.65. The summed E-state index contributed by atoms with van der Waals surface area (Å²) in [5.41, 5.74) is 5.84. The van der Waals surface area contributed by atoms with Crippen LogP contribution in [-0.4, -0.2) is 38.4 Å². The van der Waals surface area contributed by atoms with Crippen LogP contribution in [0.15, 0.2) is 0 Å². The molecule has 0 amide bonds. The molecule has 2 aliphatic rings. The van der Waals surface area contributed by atoms with E-state index in [1.807, 2.05) is 0 Å². The SMILES string of the molecule is CN(C1CCCCC1)S(=O)(=O)NC(CN)C1CCCCC1. The molecule has 0 spiro atoms. The third-order valence-electron chi connectivity index (χ3n) is 5.24. The van der Waals surface area contributed by atoms with Crippen LogP contribution >= 0.6 is 0 Å². The van der Waals surface area contributed by atoms with Crippen molar-refractivity contribution < 1.29 is 8.42 Å². The Labute approximate surface area is 129 Å². The molecule has 21 heavy (non-hydrogen) atoms. The van der Waals surface area contributed by atoms with Crippen LogP contribution in [0.2, 0.25) is 0 Å². The molecule has 1 unspecified atom stereocenters. The van der Waals surface area contributed by atoms with Crippen molar-refractivity contribution in [3.8, 4) is 0 Å². The lowest BCUT2D eigenvalue weighted by atomic mass is 9.84. The number of nitrogens with two attached hydrogens (primary N) is 1. The van der Waals surface area contributed by atoms with Crippen molar-refractivity contribution in [1.82, 2.24) is 9.03 Å². The first-order valence-corrected chi connectivity index (χ1v) is 9.94. The summed E-state index contributed by atoms with van der Waals surface area (Å²) in [7, 11) is -1.70. The van der Waals surface area contributed by atoms with Gasteiger partial charge in [0.25, 0.3) is 10.2 Å². The Balaban J connectivity index is 1.96. The summed E-state index contributed by atoms with van der Waals surface area (Å²) >= 11 is 0. The van der Waals surface area contributed by atoms with Crippen LogP contribution in [0.5, 0.6) is 0 Å². The lowest BCUT2D eigenvalue weighted by molar-refractivity contribution is 0.265. The van der Waals surface area contributed by atoms with Crippen LogP contribution in [0, 0.1) is 5.92 Å². The first kappa shape index (κ1) is 17.2. The van der Waals surface area contributed by atoms with Crippen LogP contribution in [-0.2, 0) is 10.2 Å². The number of rotatable bonds is 6. The first-order chi connectivity index (χ1) is 10.0. The van der Waals surface area contributed by atoms with E-state index >= 15 is 0 Å². The van der Waals surface area contributed by atoms with E-state index in [0.717, 1.165) is 38.5 Å². The monoisotopic (exact) mass is 317 g/mol. The smallest absolute Gasteiger partial charge is 0.279 e. The fourth-order valence-corrected chi connectivity index (χ4v) is 5.23. The summed E-state index contributed by atoms with van der Waals surface area (Å²) in [6, 6.07) is 0.0439. The molecule has 2 saturated carbocycles. The molecular weight excluding hydrogens is 286 g/mol. The molecule has 2 rings (SSSR count). The average Bonchev–Trinajstić information content (AvgIpc) is 2.53. The summed E-state index contributed by atoms with van der Waals surface area (Å²) in [5, 5.41) is 0. The van der Waals surface area contributed by atoms with Gasteiger partial charge in [-0.15, -0.1) is 0 Å². The standard InChI is InChI=1S/C15H31N3O2S/c1-18(14-10-6-3-7-11-14)21(19,20)17-15(12-16)13-8-4-2-5-9-13/h13-15,17H,2-12,16H2,1H3. The van der Waals surface area contributed by atoms with E-state index < -0.39 is 10.2 Å². The summed E-state index contributed by atoms with van der Waals surface area (Å²) in [6.45, 7) is 0.391. The Morgan fingerprint density at radius 2 is 1.57 bits per heavy atom. The van der Waals surface area contributed by atoms with Gasteiger partial charge < -0.3 is 5.73 Å². The van der Waals surface area contributed by atoms with Crippen LogP contribution in [0.4, 0.5) is 0 Å². The molecular formula is C15H31N3O2S. The largest absolute Gasteiger partial charge is 0.329 e. The van der Waals surface area contributed by atoms with Crippen LogP contribution < -0.4 is 10.5 Å². The number of nitrogens with one attached hydrogen (secondary N) is 1. The summed E-state index contributed by atoms with van der Waals surface area (Å²) in [6.07, 6.45) is 11.3. The number of hydrogen-bond donors (Lipinski definition) is 2. The molecule has 3 N–H and O–H groups in total. The fourth-order valence-electron chi connectivity index (χ4n) is 3.79. The van der Waals surface area contributed by atoms with Crippen molar-refractivity contribution in [3.63, 3.8) is 0 Å². The summed E-state index contributed by atoms with van der Waals surface area (Å²) in [4.78, 5) is 0. The van der Waals surface area contributed by atoms with Gasteiger partial charge in [-0.1, -0.05) is 38.5 Å². The molecule has 0 saturated heterocycles. The van der Waals surface area contributed by atoms with Crippen LogP contribution in [0.1, 0.15) is 64.2 Å². The Hall–Kier alpha value is -0.170. The number of hydrogen-bond acceptors (Lipinski definition) is 3. The molecule has 0 aromatic rings. The van der Waals surface area contributed by atoms with Gasteiger partial charge in [0, 0.05) is 25.7 Å². The first-order valence-electron chi connectivity index (χ1n) is 8.50. The Morgan fingerprint density at radius 1 is 1.05 bits per heavy atom. The zero-order chi connectivity index (χ0) is 15.3. The van der Waals surface area contributed by atoms with Crippen molar-refractivity contribution in [2.75, 3.05) is 13.6 Å². The van der Waals surface area contributed by atoms with Gasteiger partial charge >= 0.3 is 0 Å². The molecule has 0 aromatic carbocycles. The van der Waals surface area contributed by atoms with Crippen molar-refractivity contribution in [2.24, 2.45) is 11.7 Å². The van der Waals surface area contributed by atoms with Gasteiger partial charge in [-0.2, -0.15) is 17.4 Å². The molecule has 0 aliphatic heterocycles. The molecule has 5 nitrogen and oxygen atoms in total. The second-order valence-corrected chi connectivity index (χ2v) is 8.43. The summed E-state index contributed by atoms with van der Waals surface area (Å²) < 4.78 is 29.6. The van der Waals surface area contributed by atoms with E-state index in [1.165, 1.54) is 25.7 Å². The zero-order valence-electron chi connectivity index (χ0n) is 13.3. The summed E-state index contributed by atoms with van der Waals surface area (Å²) in [5.74, 6) is 0.401. The minimum atomic E-state index is -3.42. The second-order valence-electron chi connectivity index (χ2n) is 6.67. The van der Waals surface area contributed by atoms with E-state index in [0.29, 0.717) is 12.5 Å². The molecule has 124 valence electrons. The number of nitrogens with zero attached hydrogens (tertiary/aromatic N) is 1. The Morgan fingerprint density at radius 3 is 2.10 bits per heavy atom. The third-order valence-corrected chi connectivity index (χ3v) is 6.90. The van der Waals surface area contributed by atoms with E-state index in [-0.39, 0.29) is 12.1 Å². The fraction of sp³-hybridized carbons (Fsp3) is 1.00. The van der Waals surface area contributed by atoms with Crippen LogP contribution in [0.3, 0.4) is 0 Å². The topological polar surface area (TPSA) is 75.4 Å². The molecule has 0 heterocycles. The lowest BCUT2D eigenvalue weighted by Gasteiger charge is -2.34. The van der Waals surface area contributed by atoms with E-state index in [9.17, 15) is 8.42 Å². The normalized spacial score (nSPS) is 24.3. The average molecular weight is 317 g/mol. The maximum atomic E-state index is 12.6. The molecule has 1 atom stereocenters. The maximum absolute atomic E-state index is 12.6. The van der Waals surface area contributed by atoms with Gasteiger partial charge in [-0.25, -0.2) is 0 Å². The lowest BCUT2D eigenvalue weighted by Crippen LogP contribution is -2.52. The van der Waals surface area contributed by atoms with E-state index in [4.69, 9.17) is 5.73 Å². The molecule has 6 heteroatoms. The molecule has 0 radical (unpaired) electrons. The minimum Gasteiger partial charge on any atom is -0.329 e. The maximum Gasteiger partial charge on any atom is 0.279 e. The zero-order valence-corrected chi connectivity index (χ0v) is 14.1. The molecule has 2 fully saturated rings. The molecule has 0 aromatic heterocycles. The van der Waals surface area contributed by atoms with Crippen LogP contribution in [0.25, 0.3) is 0 Å². The highest BCUT2D eigenvalue weighted by Gasteiger charge is 2.32. The van der Waals surface area contributed by atoms with Gasteiger partial charge in [-0.05, 0) is 31.6 Å². The Bertz CT molecular complexity index is 401. The van der Waals surface area contributed by atoms with Gasteiger partial charge in [-0.3, -0.25) is 0 Å². The molecule has 2 aliphatic carbocycles. The van der Waals surface area contributed by atoms with Gasteiger partial charge in [0.1, 0.15) is 0 Å². The second kappa shape index (κ2) is 7.90. The Kier molecular flexibility index (Phi) is 6.47. The van der Waals surface area contributed by atoms with E-state index in [1.54, 1.807) is 11.4 Å². The predicted octanol–water partition coefficient (Wildman–Crippen LogP) is 1.99. The van der Waals surface area contributed by atoms with Crippen molar-refractivity contribution >= 4 is 10.2 Å². The van der Waals surface area contributed by atoms with Crippen molar-refractivity contribution in [3.05, 3.63) is 0 Å². The van der Waals surface area contributed by atoms with E-state index in [2.05, 4.69) is 4.72 Å². The van der Waals surface area contributed by atoms with Gasteiger partial charge in [0.05, 0.1) is 0 Å². The molecule has 0 bridgehead atoms.